The molecule has 0 heteroatoms. The lowest BCUT2D eigenvalue weighted by atomic mass is 9.56. The summed E-state index contributed by atoms with van der Waals surface area (Å²) in [5, 5.41) is 0. The van der Waals surface area contributed by atoms with Gasteiger partial charge >= 0.3 is 0 Å². The molecule has 4 unspecified atom stereocenters. The van der Waals surface area contributed by atoms with Gasteiger partial charge < -0.3 is 0 Å². The topological polar surface area (TPSA) is 0 Å². The van der Waals surface area contributed by atoms with Crippen LogP contribution in [0, 0.1) is 76.8 Å². The first-order valence-corrected chi connectivity index (χ1v) is 29.2. The zero-order valence-corrected chi connectivity index (χ0v) is 50.7. The summed E-state index contributed by atoms with van der Waals surface area (Å²) in [5.41, 5.74) is 9.81. The molecule has 0 bridgehead atoms. The number of fused-ring (bicyclic) bond motifs is 2. The van der Waals surface area contributed by atoms with Crippen LogP contribution in [0.4, 0.5) is 0 Å². The Bertz CT molecular complexity index is 1600. The highest BCUT2D eigenvalue weighted by Crippen LogP contribution is 2.59. The molecule has 0 heterocycles. The van der Waals surface area contributed by atoms with Gasteiger partial charge in [-0.2, -0.15) is 0 Å². The van der Waals surface area contributed by atoms with Crippen LogP contribution < -0.4 is 0 Å². The fourth-order valence-electron chi connectivity index (χ4n) is 12.5. The van der Waals surface area contributed by atoms with E-state index >= 15 is 0 Å². The zero-order chi connectivity index (χ0) is 51.4. The molecule has 0 radical (unpaired) electrons. The molecule has 67 heavy (non-hydrogen) atoms. The third-order valence-corrected chi connectivity index (χ3v) is 23.2. The van der Waals surface area contributed by atoms with E-state index in [1.807, 2.05) is 0 Å². The van der Waals surface area contributed by atoms with E-state index < -0.39 is 0 Å². The van der Waals surface area contributed by atoms with Crippen molar-refractivity contribution < 1.29 is 0 Å². The molecule has 6 fully saturated rings. The van der Waals surface area contributed by atoms with Gasteiger partial charge in [0.25, 0.3) is 0 Å². The first kappa shape index (κ1) is 60.5. The molecule has 0 saturated heterocycles. The van der Waals surface area contributed by atoms with Crippen LogP contribution in [0.1, 0.15) is 312 Å². The van der Waals surface area contributed by atoms with Gasteiger partial charge in [0.1, 0.15) is 0 Å². The number of benzene rings is 1. The summed E-state index contributed by atoms with van der Waals surface area (Å²) >= 11 is 0. The zero-order valence-electron chi connectivity index (χ0n) is 50.7. The summed E-state index contributed by atoms with van der Waals surface area (Å²) < 4.78 is 0. The summed E-state index contributed by atoms with van der Waals surface area (Å²) in [4.78, 5) is 0. The van der Waals surface area contributed by atoms with E-state index in [-0.39, 0.29) is 0 Å². The summed E-state index contributed by atoms with van der Waals surface area (Å²) in [6.45, 7) is 57.4. The Morgan fingerprint density at radius 1 is 0.313 bits per heavy atom. The van der Waals surface area contributed by atoms with Gasteiger partial charge in [-0.3, -0.25) is 0 Å². The van der Waals surface area contributed by atoms with Crippen molar-refractivity contribution in [1.29, 1.82) is 0 Å². The molecule has 7 aliphatic carbocycles. The van der Waals surface area contributed by atoms with E-state index in [2.05, 4.69) is 190 Å². The maximum atomic E-state index is 2.53. The molecule has 1 aromatic rings. The molecule has 7 aliphatic rings. The second kappa shape index (κ2) is 22.1. The second-order valence-corrected chi connectivity index (χ2v) is 32.6. The van der Waals surface area contributed by atoms with Gasteiger partial charge in [-0.25, -0.2) is 0 Å². The van der Waals surface area contributed by atoms with E-state index in [1.165, 1.54) is 148 Å². The molecule has 8 rings (SSSR count). The molecule has 4 atom stereocenters. The maximum absolute atomic E-state index is 2.53. The van der Waals surface area contributed by atoms with Crippen LogP contribution >= 0.6 is 0 Å². The molecule has 6 saturated carbocycles. The number of hydrogen-bond donors (Lipinski definition) is 0. The lowest BCUT2D eigenvalue weighted by molar-refractivity contribution is 0.0155. The average Bonchev–Trinajstić information content (AvgIpc) is 3.53. The van der Waals surface area contributed by atoms with Gasteiger partial charge in [0, 0.05) is 0 Å². The highest BCUT2D eigenvalue weighted by molar-refractivity contribution is 5.31. The Balaban J connectivity index is 0.000000216. The first-order valence-electron chi connectivity index (χ1n) is 29.2. The normalized spacial score (nSPS) is 29.3. The van der Waals surface area contributed by atoms with Crippen molar-refractivity contribution in [3.63, 3.8) is 0 Å². The van der Waals surface area contributed by atoms with Crippen LogP contribution in [-0.2, 0) is 12.8 Å². The predicted molar refractivity (Wildman–Crippen MR) is 303 cm³/mol. The Morgan fingerprint density at radius 3 is 0.985 bits per heavy atom. The minimum atomic E-state index is 0.403. The van der Waals surface area contributed by atoms with Gasteiger partial charge in [-0.05, 0) is 178 Å². The van der Waals surface area contributed by atoms with Crippen LogP contribution in [-0.4, -0.2) is 0 Å². The average molecular weight is 930 g/mol. The van der Waals surface area contributed by atoms with Crippen molar-refractivity contribution in [2.24, 2.45) is 76.8 Å². The Kier molecular flexibility index (Phi) is 20.0. The lowest BCUT2D eigenvalue weighted by Gasteiger charge is -2.49. The van der Waals surface area contributed by atoms with Crippen molar-refractivity contribution in [2.75, 3.05) is 0 Å². The minimum absolute atomic E-state index is 0.403. The fraction of sp³-hybridized carbons (Fsp3) is 0.910. The molecule has 1 aromatic carbocycles. The summed E-state index contributed by atoms with van der Waals surface area (Å²) in [5.74, 6) is 2.18. The third-order valence-electron chi connectivity index (χ3n) is 23.2. The largest absolute Gasteiger partial charge is 0.0620 e. The van der Waals surface area contributed by atoms with Crippen LogP contribution in [0.15, 0.2) is 24.3 Å². The summed E-state index contributed by atoms with van der Waals surface area (Å²) in [6.07, 6.45) is 33.1. The number of hydrogen-bond acceptors (Lipinski definition) is 0. The van der Waals surface area contributed by atoms with Crippen molar-refractivity contribution in [3.8, 4) is 0 Å². The lowest BCUT2D eigenvalue weighted by Crippen LogP contribution is -2.39. The summed E-state index contributed by atoms with van der Waals surface area (Å²) in [6, 6.07) is 8.93. The predicted octanol–water partition coefficient (Wildman–Crippen LogP) is 22.5. The molecular weight excluding hydrogens is 805 g/mol. The quantitative estimate of drug-likeness (QED) is 0.243. The molecule has 0 spiro atoms. The highest BCUT2D eigenvalue weighted by atomic mass is 14.5. The standard InChI is InChI=1S/C15H22.C14H26.C11H22.C10H20.C9H18.C8H16/c1-14(2,3)15(4)10-9-12-7-5-6-8-13(12)11-15;1-13(2,3)14(4)9-8-11-6-5-7-12(11)10-14;1-10(2,3)11(4)8-6-5-7-9-11;1-9(2,3)10(4)7-5-6-8-10;1-8(2,3)9(4)6-5-7-9;1-7(2,3)8(4)5-6-8/h5-8H,9-11H2,1-4H3;11-12H,5-10H2,1-4H3;5-9H2,1-4H3;5-8H2,1-4H3;5-7H2,1-4H3;5-6H2,1-4H3. The maximum Gasteiger partial charge on any atom is -0.0217 e. The fourth-order valence-corrected chi connectivity index (χ4v) is 12.5. The molecule has 0 aromatic heterocycles. The van der Waals surface area contributed by atoms with Gasteiger partial charge in [0.2, 0.25) is 0 Å². The molecule has 0 amide bonds. The van der Waals surface area contributed by atoms with Crippen molar-refractivity contribution >= 4 is 0 Å². The summed E-state index contributed by atoms with van der Waals surface area (Å²) in [7, 11) is 0. The third kappa shape index (κ3) is 15.9. The van der Waals surface area contributed by atoms with E-state index in [1.54, 1.807) is 11.1 Å². The molecule has 0 N–H and O–H groups in total. The van der Waals surface area contributed by atoms with Crippen molar-refractivity contribution in [1.82, 2.24) is 0 Å². The van der Waals surface area contributed by atoms with E-state index in [9.17, 15) is 0 Å². The van der Waals surface area contributed by atoms with E-state index in [0.29, 0.717) is 65.0 Å². The minimum Gasteiger partial charge on any atom is -0.0620 e. The second-order valence-electron chi connectivity index (χ2n) is 32.6. The number of aryl methyl sites for hydroxylation is 1. The highest BCUT2D eigenvalue weighted by Gasteiger charge is 2.48. The Morgan fingerprint density at radius 2 is 0.657 bits per heavy atom. The van der Waals surface area contributed by atoms with Crippen LogP contribution in [0.5, 0.6) is 0 Å². The Hall–Kier alpha value is -0.780. The van der Waals surface area contributed by atoms with Gasteiger partial charge in [0.15, 0.2) is 0 Å². The Labute approximate surface area is 424 Å². The number of rotatable bonds is 0. The van der Waals surface area contributed by atoms with Crippen molar-refractivity contribution in [3.05, 3.63) is 35.4 Å². The van der Waals surface area contributed by atoms with Crippen LogP contribution in [0.25, 0.3) is 0 Å². The molecule has 0 aliphatic heterocycles. The molecule has 0 nitrogen and oxygen atoms in total. The molecule has 392 valence electrons. The first-order chi connectivity index (χ1) is 30.2. The van der Waals surface area contributed by atoms with Gasteiger partial charge in [-0.1, -0.05) is 248 Å². The monoisotopic (exact) mass is 929 g/mol. The SMILES string of the molecule is CC(C)(C)C1(C)CC1.CC(C)(C)C1(C)CCC1.CC(C)(C)C1(C)CCC2CCCC2C1.CC(C)(C)C1(C)CCCC1.CC(C)(C)C1(C)CCCCC1.CC(C)(C)C1(C)CCc2ccccc2C1. The van der Waals surface area contributed by atoms with Gasteiger partial charge in [-0.15, -0.1) is 0 Å². The van der Waals surface area contributed by atoms with Gasteiger partial charge in [0.05, 0.1) is 0 Å². The van der Waals surface area contributed by atoms with E-state index in [4.69, 9.17) is 0 Å². The smallest absolute Gasteiger partial charge is 0.0217 e. The van der Waals surface area contributed by atoms with Crippen LogP contribution in [0.3, 0.4) is 0 Å². The molecular formula is C67H124. The van der Waals surface area contributed by atoms with Crippen molar-refractivity contribution in [2.45, 2.75) is 314 Å². The van der Waals surface area contributed by atoms with E-state index in [0.717, 1.165) is 11.8 Å². The van der Waals surface area contributed by atoms with Crippen LogP contribution in [0.2, 0.25) is 0 Å².